The number of hydrogen-bond acceptors (Lipinski definition) is 1. The van der Waals surface area contributed by atoms with E-state index >= 15 is 0 Å². The lowest BCUT2D eigenvalue weighted by Gasteiger charge is -2.23. The monoisotopic (exact) mass is 354 g/mol. The average Bonchev–Trinajstić information content (AvgIpc) is 2.69. The third kappa shape index (κ3) is 2.90. The van der Waals surface area contributed by atoms with Crippen LogP contribution in [0.4, 0.5) is 13.2 Å². The largest absolute Gasteiger partial charge is 0.417 e. The second-order valence-corrected chi connectivity index (χ2v) is 7.47. The summed E-state index contributed by atoms with van der Waals surface area (Å²) in [5.74, 6) is 0. The number of halogens is 3. The Morgan fingerprint density at radius 2 is 1.12 bits per heavy atom. The van der Waals surface area contributed by atoms with Crippen LogP contribution in [0.5, 0.6) is 0 Å². The summed E-state index contributed by atoms with van der Waals surface area (Å²) in [5.41, 5.74) is -1.47. The molecule has 0 radical (unpaired) electrons. The van der Waals surface area contributed by atoms with Crippen molar-refractivity contribution in [3.63, 3.8) is 0 Å². The van der Waals surface area contributed by atoms with E-state index in [1.165, 1.54) is 0 Å². The Labute approximate surface area is 149 Å². The molecule has 0 aliphatic heterocycles. The molecule has 0 spiro atoms. The van der Waals surface area contributed by atoms with Crippen molar-refractivity contribution in [2.75, 3.05) is 0 Å². The summed E-state index contributed by atoms with van der Waals surface area (Å²) in [5, 5.41) is -1.76. The van der Waals surface area contributed by atoms with Gasteiger partial charge >= 0.3 is 6.18 Å². The van der Waals surface area contributed by atoms with Gasteiger partial charge in [-0.1, -0.05) is 78.7 Å². The van der Waals surface area contributed by atoms with E-state index in [2.05, 4.69) is 0 Å². The third-order valence-corrected chi connectivity index (χ3v) is 6.34. The molecule has 0 aromatic heterocycles. The molecule has 5 heteroatoms. The van der Waals surface area contributed by atoms with Gasteiger partial charge in [0.25, 0.3) is 0 Å². The molecule has 0 fully saturated rings. The second-order valence-electron chi connectivity index (χ2n) is 4.74. The van der Waals surface area contributed by atoms with Gasteiger partial charge < -0.3 is 4.57 Å². The van der Waals surface area contributed by atoms with Crippen molar-refractivity contribution < 1.29 is 28.7 Å². The fourth-order valence-corrected chi connectivity index (χ4v) is 4.88. The molecule has 1 nitrogen and oxygen atoms in total. The molecule has 3 aromatic carbocycles. The SMILES string of the molecule is [2H]c1cc(C(F)(F)F)c(P(=O)(c2cc([2H])c([2H])c([2H])c2)c2cc([2H])c([2H])c([2H])c2)cc1[2H]. The zero-order chi connectivity index (χ0) is 24.2. The van der Waals surface area contributed by atoms with Crippen LogP contribution in [0.2, 0.25) is 0 Å². The fourth-order valence-electron chi connectivity index (χ4n) is 2.26. The van der Waals surface area contributed by atoms with Crippen LogP contribution in [0, 0.1) is 0 Å². The smallest absolute Gasteiger partial charge is 0.309 e. The molecule has 122 valence electrons. The molecule has 0 aliphatic rings. The van der Waals surface area contributed by atoms with E-state index < -0.39 is 83.1 Å². The highest BCUT2D eigenvalue weighted by Crippen LogP contribution is 2.45. The molecule has 0 bridgehead atoms. The van der Waals surface area contributed by atoms with Crippen LogP contribution in [0.25, 0.3) is 0 Å². The highest BCUT2D eigenvalue weighted by Gasteiger charge is 2.40. The van der Waals surface area contributed by atoms with Crippen LogP contribution in [-0.2, 0) is 10.7 Å². The van der Waals surface area contributed by atoms with Crippen molar-refractivity contribution >= 4 is 23.1 Å². The first-order valence-corrected chi connectivity index (χ1v) is 8.34. The van der Waals surface area contributed by atoms with Crippen LogP contribution >= 0.6 is 7.14 Å². The predicted molar refractivity (Wildman–Crippen MR) is 90.8 cm³/mol. The maximum Gasteiger partial charge on any atom is 0.417 e. The lowest BCUT2D eigenvalue weighted by Crippen LogP contribution is -2.30. The molecule has 24 heavy (non-hydrogen) atoms. The number of benzene rings is 3. The lowest BCUT2D eigenvalue weighted by atomic mass is 10.2. The molecular formula is C19H14F3OP. The zero-order valence-electron chi connectivity index (χ0n) is 20.0. The predicted octanol–water partition coefficient (Wildman–Crippen LogP) is 4.34. The number of rotatable bonds is 3. The standard InChI is InChI=1S/C19H14F3OP/c20-19(21,22)17-13-7-8-14-18(17)24(23,15-9-3-1-4-10-15)16-11-5-2-6-12-16/h1-14H/i1D,2D,3D,4D,5D,6D,7D,8D. The van der Waals surface area contributed by atoms with Crippen LogP contribution < -0.4 is 15.9 Å². The van der Waals surface area contributed by atoms with Crippen LogP contribution in [-0.4, -0.2) is 0 Å². The Kier molecular flexibility index (Phi) is 2.42. The van der Waals surface area contributed by atoms with Gasteiger partial charge in [0.15, 0.2) is 7.14 Å². The summed E-state index contributed by atoms with van der Waals surface area (Å²) >= 11 is 0. The lowest BCUT2D eigenvalue weighted by molar-refractivity contribution is -0.136. The topological polar surface area (TPSA) is 17.1 Å². The van der Waals surface area contributed by atoms with E-state index in [1.807, 2.05) is 0 Å². The molecular weight excluding hydrogens is 332 g/mol. The van der Waals surface area contributed by atoms with Crippen molar-refractivity contribution in [2.45, 2.75) is 6.18 Å². The molecule has 3 rings (SSSR count). The first kappa shape index (κ1) is 9.24. The molecule has 0 aliphatic carbocycles. The quantitative estimate of drug-likeness (QED) is 0.640. The molecule has 0 heterocycles. The summed E-state index contributed by atoms with van der Waals surface area (Å²) in [6.45, 7) is 0. The van der Waals surface area contributed by atoms with Gasteiger partial charge in [-0.05, 0) is 6.07 Å². The highest BCUT2D eigenvalue weighted by molar-refractivity contribution is 7.85. The Morgan fingerprint density at radius 3 is 1.58 bits per heavy atom. The van der Waals surface area contributed by atoms with E-state index in [1.54, 1.807) is 0 Å². The highest BCUT2D eigenvalue weighted by atomic mass is 31.2. The third-order valence-electron chi connectivity index (χ3n) is 3.33. The van der Waals surface area contributed by atoms with Crippen molar-refractivity contribution in [3.05, 3.63) is 90.3 Å². The van der Waals surface area contributed by atoms with Crippen molar-refractivity contribution in [1.82, 2.24) is 0 Å². The number of alkyl halides is 3. The van der Waals surface area contributed by atoms with Crippen LogP contribution in [0.15, 0.2) is 84.7 Å². The molecule has 0 unspecified atom stereocenters. The minimum absolute atomic E-state index is 0.356. The summed E-state index contributed by atoms with van der Waals surface area (Å²) in [4.78, 5) is 0. The summed E-state index contributed by atoms with van der Waals surface area (Å²) < 4.78 is 118. The zero-order valence-corrected chi connectivity index (χ0v) is 12.8. The molecule has 3 aromatic rings. The van der Waals surface area contributed by atoms with Gasteiger partial charge in [0, 0.05) is 15.9 Å². The van der Waals surface area contributed by atoms with Gasteiger partial charge in [0.05, 0.1) is 16.5 Å². The number of hydrogen-bond donors (Lipinski definition) is 0. The first-order chi connectivity index (χ1) is 14.7. The van der Waals surface area contributed by atoms with E-state index in [9.17, 15) is 17.7 Å². The minimum atomic E-state index is -5.08. The maximum absolute atomic E-state index is 14.5. The van der Waals surface area contributed by atoms with E-state index in [0.717, 1.165) is 24.3 Å². The van der Waals surface area contributed by atoms with Gasteiger partial charge in [-0.25, -0.2) is 0 Å². The van der Waals surface area contributed by atoms with E-state index in [0.29, 0.717) is 12.1 Å². The van der Waals surface area contributed by atoms with Gasteiger partial charge in [0.2, 0.25) is 0 Å². The maximum atomic E-state index is 14.5. The minimum Gasteiger partial charge on any atom is -0.309 e. The van der Waals surface area contributed by atoms with Crippen molar-refractivity contribution in [2.24, 2.45) is 0 Å². The van der Waals surface area contributed by atoms with Crippen molar-refractivity contribution in [1.29, 1.82) is 0 Å². The van der Waals surface area contributed by atoms with Gasteiger partial charge in [-0.2, -0.15) is 13.2 Å². The van der Waals surface area contributed by atoms with Gasteiger partial charge in [-0.15, -0.1) is 0 Å². The summed E-state index contributed by atoms with van der Waals surface area (Å²) in [6, 6.07) is -0.298. The summed E-state index contributed by atoms with van der Waals surface area (Å²) in [6.07, 6.45) is -5.08. The first-order valence-electron chi connectivity index (χ1n) is 10.6. The Hall–Kier alpha value is -2.32. The van der Waals surface area contributed by atoms with Gasteiger partial charge in [-0.3, -0.25) is 0 Å². The normalized spacial score (nSPS) is 16.8. The van der Waals surface area contributed by atoms with Crippen LogP contribution in [0.1, 0.15) is 16.5 Å². The fraction of sp³-hybridized carbons (Fsp3) is 0.0526. The van der Waals surface area contributed by atoms with E-state index in [4.69, 9.17) is 11.0 Å². The summed E-state index contributed by atoms with van der Waals surface area (Å²) in [7, 11) is -4.67. The van der Waals surface area contributed by atoms with E-state index in [-0.39, 0.29) is 0 Å². The van der Waals surface area contributed by atoms with Gasteiger partial charge in [0.1, 0.15) is 0 Å². The van der Waals surface area contributed by atoms with Crippen molar-refractivity contribution in [3.8, 4) is 0 Å². The molecule has 0 saturated carbocycles. The molecule has 0 amide bonds. The Bertz CT molecular complexity index is 1180. The Balaban J connectivity index is 2.55. The molecule has 0 N–H and O–H groups in total. The average molecular weight is 354 g/mol. The molecule has 0 atom stereocenters. The molecule has 0 saturated heterocycles. The Morgan fingerprint density at radius 1 is 0.708 bits per heavy atom. The second kappa shape index (κ2) is 6.29. The van der Waals surface area contributed by atoms with Crippen LogP contribution in [0.3, 0.4) is 0 Å².